The van der Waals surface area contributed by atoms with E-state index in [1.165, 1.54) is 4.90 Å². The van der Waals surface area contributed by atoms with Crippen molar-refractivity contribution in [3.63, 3.8) is 0 Å². The average molecular weight is 537 g/mol. The quantitative estimate of drug-likeness (QED) is 0.196. The molecule has 4 aromatic carbocycles. The van der Waals surface area contributed by atoms with E-state index in [2.05, 4.69) is 0 Å². The van der Waals surface area contributed by atoms with E-state index in [1.54, 1.807) is 6.07 Å². The van der Waals surface area contributed by atoms with Gasteiger partial charge in [0.05, 0.1) is 12.3 Å². The molecule has 0 radical (unpaired) electrons. The Morgan fingerprint density at radius 2 is 1.25 bits per heavy atom. The predicted molar refractivity (Wildman–Crippen MR) is 173 cm³/mol. The first kappa shape index (κ1) is 18.1. The van der Waals surface area contributed by atoms with Crippen molar-refractivity contribution in [2.75, 3.05) is 4.90 Å². The van der Waals surface area contributed by atoms with Crippen LogP contribution in [0.15, 0.2) is 72.6 Å². The molecule has 40 heavy (non-hydrogen) atoms. The van der Waals surface area contributed by atoms with Crippen molar-refractivity contribution in [1.82, 2.24) is 0 Å². The summed E-state index contributed by atoms with van der Waals surface area (Å²) in [5, 5.41) is 0. The molecule has 4 aromatic rings. The van der Waals surface area contributed by atoms with Crippen LogP contribution < -0.4 is 26.0 Å². The molecule has 0 amide bonds. The van der Waals surface area contributed by atoms with Crippen LogP contribution in [0.3, 0.4) is 0 Å². The summed E-state index contributed by atoms with van der Waals surface area (Å²) >= 11 is 0. The Bertz CT molecular complexity index is 2090. The first-order valence-electron chi connectivity index (χ1n) is 18.4. The topological polar surface area (TPSA) is 12.5 Å². The number of hydrogen-bond acceptors (Lipinski definition) is 2. The normalized spacial score (nSPS) is 17.5. The van der Waals surface area contributed by atoms with E-state index in [4.69, 9.17) is 8.85 Å². The molecule has 0 aromatic heterocycles. The lowest BCUT2D eigenvalue weighted by molar-refractivity contribution is 0.483. The molecule has 0 saturated heterocycles. The van der Waals surface area contributed by atoms with Gasteiger partial charge in [-0.3, -0.25) is 0 Å². The number of anilines is 3. The molecule has 2 aliphatic rings. The molecule has 0 N–H and O–H groups in total. The molecule has 2 aliphatic heterocycles. The Kier molecular flexibility index (Phi) is 3.96. The van der Waals surface area contributed by atoms with Crippen molar-refractivity contribution in [2.45, 2.75) is 85.5 Å². The van der Waals surface area contributed by atoms with E-state index < -0.39 is 23.0 Å². The summed E-state index contributed by atoms with van der Waals surface area (Å²) < 4.78 is 90.2. The first-order valence-corrected chi connectivity index (χ1v) is 13.9. The van der Waals surface area contributed by atoms with Crippen molar-refractivity contribution >= 4 is 40.2 Å². The second-order valence-electron chi connectivity index (χ2n) is 14.1. The number of ether oxygens (including phenoxy) is 1. The summed E-state index contributed by atoms with van der Waals surface area (Å²) in [7, 11) is 0. The third-order valence-electron chi connectivity index (χ3n) is 7.61. The molecule has 3 heteroatoms. The van der Waals surface area contributed by atoms with Crippen LogP contribution in [-0.2, 0) is 16.2 Å². The summed E-state index contributed by atoms with van der Waals surface area (Å²) in [5.74, 6) is 0.681. The number of rotatable bonds is 1. The third-order valence-corrected chi connectivity index (χ3v) is 7.61. The van der Waals surface area contributed by atoms with Crippen LogP contribution in [0, 0.1) is 6.92 Å². The first-order chi connectivity index (χ1) is 22.4. The summed E-state index contributed by atoms with van der Waals surface area (Å²) in [6.07, 6.45) is 0. The molecule has 6 rings (SSSR count). The lowest BCUT2D eigenvalue weighted by atomic mass is 9.34. The summed E-state index contributed by atoms with van der Waals surface area (Å²) in [6, 6.07) is 4.27. The van der Waals surface area contributed by atoms with Gasteiger partial charge in [-0.15, -0.1) is 0 Å². The lowest BCUT2D eigenvalue weighted by Gasteiger charge is -2.41. The van der Waals surface area contributed by atoms with Gasteiger partial charge in [0.2, 0.25) is 0 Å². The van der Waals surface area contributed by atoms with Gasteiger partial charge < -0.3 is 9.64 Å². The fourth-order valence-corrected chi connectivity index (χ4v) is 5.33. The zero-order valence-corrected chi connectivity index (χ0v) is 25.2. The Hall–Kier alpha value is -3.46. The molecule has 0 unspecified atom stereocenters. The molecular formula is C37H42BNO. The number of nitrogens with zero attached hydrogens (tertiary/aromatic N) is 1. The Morgan fingerprint density at radius 1 is 0.650 bits per heavy atom. The summed E-state index contributed by atoms with van der Waals surface area (Å²) in [5.41, 5.74) is 1.85. The Labute approximate surface area is 254 Å². The fraction of sp³-hybridized carbons (Fsp3) is 0.351. The highest BCUT2D eigenvalue weighted by Gasteiger charge is 2.42. The van der Waals surface area contributed by atoms with E-state index in [-0.39, 0.29) is 77.1 Å². The smallest absolute Gasteiger partial charge is 0.256 e. The third kappa shape index (κ3) is 4.35. The molecule has 0 spiro atoms. The lowest BCUT2D eigenvalue weighted by Crippen LogP contribution is -2.59. The van der Waals surface area contributed by atoms with Gasteiger partial charge in [0, 0.05) is 17.1 Å². The monoisotopic (exact) mass is 536 g/mol. The van der Waals surface area contributed by atoms with E-state index in [9.17, 15) is 8.22 Å². The van der Waals surface area contributed by atoms with Crippen molar-refractivity contribution in [1.29, 1.82) is 0 Å². The Morgan fingerprint density at radius 3 is 1.88 bits per heavy atom. The van der Waals surface area contributed by atoms with Crippen LogP contribution in [0.4, 0.5) is 17.1 Å². The highest BCUT2D eigenvalue weighted by Crippen LogP contribution is 2.43. The molecule has 2 heterocycles. The Balaban J connectivity index is 1.85. The van der Waals surface area contributed by atoms with Gasteiger partial charge in [0.15, 0.2) is 0 Å². The van der Waals surface area contributed by atoms with Crippen LogP contribution in [0.5, 0.6) is 11.5 Å². The van der Waals surface area contributed by atoms with Crippen molar-refractivity contribution in [2.24, 2.45) is 0 Å². The van der Waals surface area contributed by atoms with Crippen LogP contribution >= 0.6 is 0 Å². The van der Waals surface area contributed by atoms with Gasteiger partial charge in [-0.2, -0.15) is 0 Å². The van der Waals surface area contributed by atoms with Crippen LogP contribution in [-0.4, -0.2) is 6.71 Å². The van der Waals surface area contributed by atoms with Crippen molar-refractivity contribution in [3.8, 4) is 11.5 Å². The minimum atomic E-state index is -0.774. The van der Waals surface area contributed by atoms with Gasteiger partial charge in [0.25, 0.3) is 6.71 Å². The predicted octanol–water partition coefficient (Wildman–Crippen LogP) is 8.29. The minimum absolute atomic E-state index is 0.0167. The highest BCUT2D eigenvalue weighted by molar-refractivity contribution is 6.99. The largest absolute Gasteiger partial charge is 0.458 e. The minimum Gasteiger partial charge on any atom is -0.458 e. The van der Waals surface area contributed by atoms with E-state index in [0.717, 1.165) is 5.56 Å². The summed E-state index contributed by atoms with van der Waals surface area (Å²) in [6.45, 7) is 18.1. The molecule has 2 nitrogen and oxygen atoms in total. The molecule has 0 atom stereocenters. The van der Waals surface area contributed by atoms with Crippen LogP contribution in [0.25, 0.3) is 0 Å². The second kappa shape index (κ2) is 8.77. The SMILES string of the molecule is [2H]c1cc2c(c([2H])c1C(C)(C)C)Oc1cc(C)cc3c1B2c1c([2H])c(C(C)(C)C)c([2H])c([2H])c1N3c1c([2H])c([2H])c(C(C)(C)C)c([2H])c1[2H]. The molecule has 0 fully saturated rings. The maximum atomic E-state index is 9.75. The molecule has 0 bridgehead atoms. The molecule has 204 valence electrons. The zero-order valence-electron chi connectivity index (χ0n) is 34.2. The maximum absolute atomic E-state index is 9.75. The summed E-state index contributed by atoms with van der Waals surface area (Å²) in [4.78, 5) is 1.52. The fourth-order valence-electron chi connectivity index (χ4n) is 5.33. The molecule has 0 aliphatic carbocycles. The van der Waals surface area contributed by atoms with E-state index in [0.29, 0.717) is 39.0 Å². The van der Waals surface area contributed by atoms with Gasteiger partial charge in [0.1, 0.15) is 11.5 Å². The van der Waals surface area contributed by atoms with Gasteiger partial charge in [-0.1, -0.05) is 98.6 Å². The molecule has 0 saturated carbocycles. The zero-order chi connectivity index (χ0) is 36.6. The van der Waals surface area contributed by atoms with Crippen molar-refractivity contribution < 1.29 is 17.1 Å². The number of benzene rings is 4. The highest BCUT2D eigenvalue weighted by atomic mass is 16.5. The van der Waals surface area contributed by atoms with Crippen LogP contribution in [0.1, 0.15) is 96.9 Å². The molecular weight excluding hydrogens is 485 g/mol. The van der Waals surface area contributed by atoms with E-state index in [1.807, 2.05) is 81.4 Å². The van der Waals surface area contributed by atoms with E-state index >= 15 is 0 Å². The van der Waals surface area contributed by atoms with Gasteiger partial charge in [-0.05, 0) is 98.1 Å². The van der Waals surface area contributed by atoms with Gasteiger partial charge in [-0.25, -0.2) is 0 Å². The average Bonchev–Trinajstić information content (AvgIpc) is 2.93. The number of aryl methyl sites for hydroxylation is 1. The number of fused-ring (bicyclic) bond motifs is 4. The van der Waals surface area contributed by atoms with Crippen molar-refractivity contribution in [3.05, 3.63) is 94.8 Å². The van der Waals surface area contributed by atoms with Crippen LogP contribution in [0.2, 0.25) is 0 Å². The number of hydrogen-bond donors (Lipinski definition) is 0. The maximum Gasteiger partial charge on any atom is 0.256 e. The second-order valence-corrected chi connectivity index (χ2v) is 14.1. The standard InChI is InChI=1S/C37H42BNO/c1-23-19-31-34-33(20-23)40-32-22-26(37(8,9)10)13-17-28(32)38(34)29-21-25(36(5,6)7)14-18-30(29)39(31)27-15-11-24(12-16-27)35(2,3)4/h11-22H,1-10H3/i11D,12D,13D,14D,15D,16D,18D,21D,22D. The van der Waals surface area contributed by atoms with Gasteiger partial charge >= 0.3 is 0 Å².